The van der Waals surface area contributed by atoms with Crippen molar-refractivity contribution in [2.24, 2.45) is 0 Å². The number of carbonyl (C=O) groups excluding carboxylic acids is 1. The molecule has 1 heterocycles. The van der Waals surface area contributed by atoms with Crippen molar-refractivity contribution in [1.82, 2.24) is 10.3 Å². The highest BCUT2D eigenvalue weighted by atomic mass is 19.1. The Kier molecular flexibility index (Phi) is 5.47. The van der Waals surface area contributed by atoms with E-state index >= 15 is 0 Å². The molecule has 1 aromatic heterocycles. The van der Waals surface area contributed by atoms with Crippen molar-refractivity contribution in [2.45, 2.75) is 13.3 Å². The number of amides is 1. The topological polar surface area (TPSA) is 57.3 Å². The number of pyridine rings is 1. The molecule has 0 aliphatic rings. The van der Waals surface area contributed by atoms with E-state index in [0.717, 1.165) is 6.07 Å². The third kappa shape index (κ3) is 3.77. The molecule has 2 N–H and O–H groups in total. The smallest absolute Gasteiger partial charge is 0.239 e. The molecule has 0 radical (unpaired) electrons. The van der Waals surface area contributed by atoms with Crippen LogP contribution in [-0.4, -0.2) is 38.1 Å². The summed E-state index contributed by atoms with van der Waals surface area (Å²) in [5.41, 5.74) is 0. The third-order valence-electron chi connectivity index (χ3n) is 2.55. The Bertz CT molecular complexity index is 454. The highest BCUT2D eigenvalue weighted by molar-refractivity contribution is 5.80. The predicted octanol–water partition coefficient (Wildman–Crippen LogP) is 1.36. The van der Waals surface area contributed by atoms with Gasteiger partial charge >= 0.3 is 0 Å². The van der Waals surface area contributed by atoms with Crippen LogP contribution in [0.25, 0.3) is 0 Å². The van der Waals surface area contributed by atoms with Crippen LogP contribution in [0.3, 0.4) is 0 Å². The summed E-state index contributed by atoms with van der Waals surface area (Å²) in [5.74, 6) is -1.88. The molecule has 0 spiro atoms. The minimum absolute atomic E-state index is 0.0248. The zero-order valence-corrected chi connectivity index (χ0v) is 11.3. The van der Waals surface area contributed by atoms with Crippen LogP contribution < -0.4 is 15.5 Å². The molecule has 19 heavy (non-hydrogen) atoms. The Balaban J connectivity index is 3.10. The molecule has 1 aromatic rings. The van der Waals surface area contributed by atoms with Crippen LogP contribution in [0.4, 0.5) is 20.4 Å². The Labute approximate surface area is 111 Å². The Morgan fingerprint density at radius 3 is 2.58 bits per heavy atom. The van der Waals surface area contributed by atoms with Gasteiger partial charge in [-0.1, -0.05) is 6.92 Å². The Morgan fingerprint density at radius 2 is 2.05 bits per heavy atom. The molecular formula is C12H18F2N4O. The minimum Gasteiger partial charge on any atom is -0.371 e. The standard InChI is InChI=1S/C12H18F2N4O/c1-4-5-18(7-10(19)15-2)12-9(14)6-8(13)11(16-3)17-12/h6H,4-5,7H2,1-3H3,(H,15,19)(H,16,17). The normalized spacial score (nSPS) is 10.2. The van der Waals surface area contributed by atoms with E-state index in [1.165, 1.54) is 19.0 Å². The number of carbonyl (C=O) groups is 1. The number of halogens is 2. The second-order valence-electron chi connectivity index (χ2n) is 3.97. The molecule has 1 rings (SSSR count). The number of aromatic nitrogens is 1. The quantitative estimate of drug-likeness (QED) is 0.821. The molecule has 0 aromatic carbocycles. The maximum absolute atomic E-state index is 13.8. The van der Waals surface area contributed by atoms with Crippen molar-refractivity contribution in [2.75, 3.05) is 37.4 Å². The van der Waals surface area contributed by atoms with Crippen LogP contribution in [0.15, 0.2) is 6.07 Å². The van der Waals surface area contributed by atoms with Gasteiger partial charge in [0.25, 0.3) is 0 Å². The first kappa shape index (κ1) is 15.1. The molecule has 0 bridgehead atoms. The average molecular weight is 272 g/mol. The minimum atomic E-state index is -0.783. The lowest BCUT2D eigenvalue weighted by molar-refractivity contribution is -0.119. The van der Waals surface area contributed by atoms with Gasteiger partial charge in [-0.15, -0.1) is 0 Å². The first-order chi connectivity index (χ1) is 9.03. The summed E-state index contributed by atoms with van der Waals surface area (Å²) in [5, 5.41) is 5.01. The molecule has 0 aliphatic carbocycles. The van der Waals surface area contributed by atoms with Crippen molar-refractivity contribution < 1.29 is 13.6 Å². The lowest BCUT2D eigenvalue weighted by atomic mass is 10.3. The van der Waals surface area contributed by atoms with Gasteiger partial charge in [0, 0.05) is 26.7 Å². The summed E-state index contributed by atoms with van der Waals surface area (Å²) >= 11 is 0. The molecule has 5 nitrogen and oxygen atoms in total. The zero-order chi connectivity index (χ0) is 14.4. The first-order valence-corrected chi connectivity index (χ1v) is 6.02. The Morgan fingerprint density at radius 1 is 1.37 bits per heavy atom. The third-order valence-corrected chi connectivity index (χ3v) is 2.55. The highest BCUT2D eigenvalue weighted by Crippen LogP contribution is 2.22. The average Bonchev–Trinajstić information content (AvgIpc) is 2.38. The second kappa shape index (κ2) is 6.86. The fraction of sp³-hybridized carbons (Fsp3) is 0.500. The van der Waals surface area contributed by atoms with E-state index in [1.807, 2.05) is 6.92 Å². The molecule has 7 heteroatoms. The molecular weight excluding hydrogens is 254 g/mol. The van der Waals surface area contributed by atoms with Gasteiger partial charge in [-0.25, -0.2) is 13.8 Å². The first-order valence-electron chi connectivity index (χ1n) is 6.02. The van der Waals surface area contributed by atoms with Crippen LogP contribution in [0.5, 0.6) is 0 Å². The van der Waals surface area contributed by atoms with Crippen LogP contribution in [0.1, 0.15) is 13.3 Å². The van der Waals surface area contributed by atoms with Gasteiger partial charge in [0.15, 0.2) is 23.3 Å². The van der Waals surface area contributed by atoms with Gasteiger partial charge in [-0.05, 0) is 6.42 Å². The number of hydrogen-bond donors (Lipinski definition) is 2. The van der Waals surface area contributed by atoms with Crippen molar-refractivity contribution in [3.8, 4) is 0 Å². The van der Waals surface area contributed by atoms with Crippen LogP contribution in [0, 0.1) is 11.6 Å². The van der Waals surface area contributed by atoms with E-state index in [2.05, 4.69) is 15.6 Å². The zero-order valence-electron chi connectivity index (χ0n) is 11.3. The highest BCUT2D eigenvalue weighted by Gasteiger charge is 2.18. The van der Waals surface area contributed by atoms with Crippen molar-refractivity contribution >= 4 is 17.5 Å². The van der Waals surface area contributed by atoms with Gasteiger partial charge in [-0.3, -0.25) is 4.79 Å². The van der Waals surface area contributed by atoms with E-state index < -0.39 is 11.6 Å². The molecule has 0 saturated carbocycles. The van der Waals surface area contributed by atoms with Gasteiger partial charge in [0.1, 0.15) is 0 Å². The number of nitrogens with one attached hydrogen (secondary N) is 2. The van der Waals surface area contributed by atoms with Gasteiger partial charge in [0.05, 0.1) is 6.54 Å². The predicted molar refractivity (Wildman–Crippen MR) is 70.3 cm³/mol. The van der Waals surface area contributed by atoms with Crippen molar-refractivity contribution in [1.29, 1.82) is 0 Å². The van der Waals surface area contributed by atoms with Crippen LogP contribution in [-0.2, 0) is 4.79 Å². The van der Waals surface area contributed by atoms with E-state index in [1.54, 1.807) is 0 Å². The van der Waals surface area contributed by atoms with E-state index in [9.17, 15) is 13.6 Å². The molecule has 0 unspecified atom stereocenters. The van der Waals surface area contributed by atoms with Crippen molar-refractivity contribution in [3.05, 3.63) is 17.7 Å². The lowest BCUT2D eigenvalue weighted by Crippen LogP contribution is -2.37. The number of likely N-dealkylation sites (N-methyl/N-ethyl adjacent to an activating group) is 1. The van der Waals surface area contributed by atoms with E-state index in [-0.39, 0.29) is 24.1 Å². The number of anilines is 2. The van der Waals surface area contributed by atoms with E-state index in [4.69, 9.17) is 0 Å². The summed E-state index contributed by atoms with van der Waals surface area (Å²) in [6.45, 7) is 2.33. The molecule has 0 saturated heterocycles. The lowest BCUT2D eigenvalue weighted by Gasteiger charge is -2.23. The maximum atomic E-state index is 13.8. The molecule has 1 amide bonds. The number of nitrogens with zero attached hydrogens (tertiary/aromatic N) is 2. The monoisotopic (exact) mass is 272 g/mol. The van der Waals surface area contributed by atoms with Crippen molar-refractivity contribution in [3.63, 3.8) is 0 Å². The fourth-order valence-corrected chi connectivity index (χ4v) is 1.64. The molecule has 0 atom stereocenters. The summed E-state index contributed by atoms with van der Waals surface area (Å²) in [6.07, 6.45) is 0.713. The summed E-state index contributed by atoms with van der Waals surface area (Å²) in [4.78, 5) is 16.8. The Hall–Kier alpha value is -1.92. The van der Waals surface area contributed by atoms with Gasteiger partial charge < -0.3 is 15.5 Å². The fourth-order valence-electron chi connectivity index (χ4n) is 1.64. The molecule has 0 aliphatic heterocycles. The molecule has 106 valence electrons. The van der Waals surface area contributed by atoms with E-state index in [0.29, 0.717) is 13.0 Å². The summed E-state index contributed by atoms with van der Waals surface area (Å²) < 4.78 is 27.1. The van der Waals surface area contributed by atoms with Crippen LogP contribution in [0.2, 0.25) is 0 Å². The largest absolute Gasteiger partial charge is 0.371 e. The second-order valence-corrected chi connectivity index (χ2v) is 3.97. The van der Waals surface area contributed by atoms with Gasteiger partial charge in [-0.2, -0.15) is 0 Å². The number of rotatable bonds is 6. The SMILES string of the molecule is CCCN(CC(=O)NC)c1nc(NC)c(F)cc1F. The van der Waals surface area contributed by atoms with Crippen LogP contribution >= 0.6 is 0 Å². The summed E-state index contributed by atoms with van der Waals surface area (Å²) in [7, 11) is 3.00. The maximum Gasteiger partial charge on any atom is 0.239 e. The number of hydrogen-bond acceptors (Lipinski definition) is 4. The summed E-state index contributed by atoms with van der Waals surface area (Å²) in [6, 6.07) is 0.765. The van der Waals surface area contributed by atoms with Gasteiger partial charge in [0.2, 0.25) is 5.91 Å². The molecule has 0 fully saturated rings.